The minimum Gasteiger partial charge on any atom is -0.326 e. The second kappa shape index (κ2) is 7.97. The van der Waals surface area contributed by atoms with Crippen LogP contribution in [0.3, 0.4) is 0 Å². The van der Waals surface area contributed by atoms with E-state index in [-0.39, 0.29) is 11.5 Å². The lowest BCUT2D eigenvalue weighted by Gasteiger charge is -2.13. The zero-order chi connectivity index (χ0) is 22.2. The summed E-state index contributed by atoms with van der Waals surface area (Å²) in [7, 11) is 0. The smallest absolute Gasteiger partial charge is 0.221 e. The van der Waals surface area contributed by atoms with Gasteiger partial charge in [-0.25, -0.2) is 18.7 Å². The van der Waals surface area contributed by atoms with Crippen molar-refractivity contribution in [1.29, 1.82) is 0 Å². The monoisotopic (exact) mass is 446 g/mol. The number of anilines is 1. The molecule has 3 aromatic carbocycles. The van der Waals surface area contributed by atoms with Gasteiger partial charge in [0.05, 0.1) is 11.0 Å². The van der Waals surface area contributed by atoms with E-state index >= 15 is 0 Å². The van der Waals surface area contributed by atoms with Crippen molar-refractivity contribution in [1.82, 2.24) is 14.5 Å². The summed E-state index contributed by atoms with van der Waals surface area (Å²) < 4.78 is 29.8. The molecule has 5 rings (SSSR count). The molecular formula is C24H16F2N4OS. The van der Waals surface area contributed by atoms with Gasteiger partial charge in [0.15, 0.2) is 0 Å². The molecule has 0 atom stereocenters. The molecular weight excluding hydrogens is 430 g/mol. The minimum atomic E-state index is -0.681. The zero-order valence-corrected chi connectivity index (χ0v) is 17.7. The number of amides is 1. The molecule has 32 heavy (non-hydrogen) atoms. The molecule has 2 aromatic heterocycles. The highest BCUT2D eigenvalue weighted by atomic mass is 32.1. The number of nitrogens with one attached hydrogen (secondary N) is 1. The van der Waals surface area contributed by atoms with E-state index in [1.54, 1.807) is 42.1 Å². The molecule has 0 saturated heterocycles. The van der Waals surface area contributed by atoms with Gasteiger partial charge in [0.25, 0.3) is 0 Å². The molecule has 5 nitrogen and oxygen atoms in total. The summed E-state index contributed by atoms with van der Waals surface area (Å²) >= 11 is 1.55. The maximum atomic E-state index is 14.5. The van der Waals surface area contributed by atoms with Crippen molar-refractivity contribution in [3.05, 3.63) is 84.1 Å². The number of halogens is 2. The molecule has 0 saturated carbocycles. The Morgan fingerprint density at radius 1 is 1.00 bits per heavy atom. The molecule has 0 aliphatic heterocycles. The minimum absolute atomic E-state index is 0.232. The molecule has 0 bridgehead atoms. The van der Waals surface area contributed by atoms with Gasteiger partial charge >= 0.3 is 0 Å². The van der Waals surface area contributed by atoms with Crippen LogP contribution < -0.4 is 5.32 Å². The first-order valence-electron chi connectivity index (χ1n) is 9.73. The summed E-state index contributed by atoms with van der Waals surface area (Å²) in [5.41, 5.74) is 4.50. The van der Waals surface area contributed by atoms with Crippen molar-refractivity contribution in [2.45, 2.75) is 6.92 Å². The number of rotatable bonds is 4. The van der Waals surface area contributed by atoms with Gasteiger partial charge in [-0.2, -0.15) is 0 Å². The van der Waals surface area contributed by atoms with Crippen LogP contribution in [0, 0.1) is 11.6 Å². The van der Waals surface area contributed by atoms with E-state index in [9.17, 15) is 13.6 Å². The number of hydrogen-bond acceptors (Lipinski definition) is 4. The molecule has 1 amide bonds. The Balaban J connectivity index is 1.65. The third-order valence-electron chi connectivity index (χ3n) is 4.98. The van der Waals surface area contributed by atoms with Crippen LogP contribution in [0.1, 0.15) is 6.92 Å². The summed E-state index contributed by atoms with van der Waals surface area (Å²) in [6.45, 7) is 1.40. The Bertz CT molecular complexity index is 1460. The topological polar surface area (TPSA) is 59.8 Å². The zero-order valence-electron chi connectivity index (χ0n) is 16.8. The number of fused-ring (bicyclic) bond motifs is 1. The van der Waals surface area contributed by atoms with Crippen LogP contribution in [0.2, 0.25) is 0 Å². The van der Waals surface area contributed by atoms with Crippen molar-refractivity contribution in [2.75, 3.05) is 5.32 Å². The van der Waals surface area contributed by atoms with Crippen molar-refractivity contribution < 1.29 is 13.6 Å². The van der Waals surface area contributed by atoms with E-state index in [0.29, 0.717) is 16.9 Å². The van der Waals surface area contributed by atoms with Gasteiger partial charge in [-0.3, -0.25) is 9.36 Å². The quantitative estimate of drug-likeness (QED) is 0.365. The Labute approximate surface area is 186 Å². The number of carbonyl (C=O) groups excluding carboxylic acids is 1. The van der Waals surface area contributed by atoms with E-state index in [1.165, 1.54) is 19.1 Å². The normalized spacial score (nSPS) is 11.1. The molecule has 0 aliphatic rings. The average molecular weight is 446 g/mol. The van der Waals surface area contributed by atoms with Crippen LogP contribution >= 0.6 is 11.3 Å². The van der Waals surface area contributed by atoms with E-state index in [4.69, 9.17) is 0 Å². The lowest BCUT2D eigenvalue weighted by atomic mass is 10.0. The molecule has 5 aromatic rings. The predicted molar refractivity (Wildman–Crippen MR) is 122 cm³/mol. The summed E-state index contributed by atoms with van der Waals surface area (Å²) in [5.74, 6) is -1.59. The molecule has 1 N–H and O–H groups in total. The Kier molecular flexibility index (Phi) is 4.99. The summed E-state index contributed by atoms with van der Waals surface area (Å²) in [5, 5.41) is 5.57. The summed E-state index contributed by atoms with van der Waals surface area (Å²) in [6.07, 6.45) is 3.43. The van der Waals surface area contributed by atoms with Gasteiger partial charge in [0.2, 0.25) is 5.91 Å². The number of carbonyl (C=O) groups is 1. The standard InChI is InChI=1S/C24H16F2N4OS/c1-14(31)29-18-8-16(20-4-3-17(25)11-21(20)26)9-19(12-18)30-13-28-22-10-15(2-5-23(22)30)24-27-6-7-32-24/h2-13H,1H3,(H,29,31). The molecule has 158 valence electrons. The Morgan fingerprint density at radius 3 is 2.62 bits per heavy atom. The second-order valence-electron chi connectivity index (χ2n) is 7.23. The highest BCUT2D eigenvalue weighted by molar-refractivity contribution is 7.13. The van der Waals surface area contributed by atoms with Crippen LogP contribution in [-0.4, -0.2) is 20.4 Å². The summed E-state index contributed by atoms with van der Waals surface area (Å²) in [6, 6.07) is 14.5. The third kappa shape index (κ3) is 3.76. The van der Waals surface area contributed by atoms with Crippen molar-refractivity contribution >= 4 is 34.0 Å². The molecule has 8 heteroatoms. The lowest BCUT2D eigenvalue weighted by molar-refractivity contribution is -0.114. The first kappa shape index (κ1) is 20.0. The van der Waals surface area contributed by atoms with Crippen LogP contribution in [0.5, 0.6) is 0 Å². The van der Waals surface area contributed by atoms with E-state index < -0.39 is 11.6 Å². The Morgan fingerprint density at radius 2 is 1.88 bits per heavy atom. The van der Waals surface area contributed by atoms with Gasteiger partial charge < -0.3 is 5.32 Å². The fourth-order valence-corrected chi connectivity index (χ4v) is 4.26. The number of hydrogen-bond donors (Lipinski definition) is 1. The molecule has 2 heterocycles. The van der Waals surface area contributed by atoms with Crippen LogP contribution in [0.15, 0.2) is 72.5 Å². The van der Waals surface area contributed by atoms with Crippen LogP contribution in [0.25, 0.3) is 38.4 Å². The number of benzene rings is 3. The van der Waals surface area contributed by atoms with Gasteiger partial charge in [-0.1, -0.05) is 0 Å². The number of thiazole rings is 1. The van der Waals surface area contributed by atoms with Crippen molar-refractivity contribution in [3.8, 4) is 27.4 Å². The van der Waals surface area contributed by atoms with Crippen LogP contribution in [0.4, 0.5) is 14.5 Å². The van der Waals surface area contributed by atoms with E-state index in [0.717, 1.165) is 27.7 Å². The third-order valence-corrected chi connectivity index (χ3v) is 5.81. The maximum absolute atomic E-state index is 14.5. The van der Waals surface area contributed by atoms with Crippen LogP contribution in [-0.2, 0) is 4.79 Å². The average Bonchev–Trinajstić information content (AvgIpc) is 3.42. The van der Waals surface area contributed by atoms with Gasteiger partial charge in [0.1, 0.15) is 23.0 Å². The predicted octanol–water partition coefficient (Wildman–Crippen LogP) is 6.05. The maximum Gasteiger partial charge on any atom is 0.221 e. The summed E-state index contributed by atoms with van der Waals surface area (Å²) in [4.78, 5) is 20.5. The van der Waals surface area contributed by atoms with Gasteiger partial charge in [-0.15, -0.1) is 11.3 Å². The first-order valence-corrected chi connectivity index (χ1v) is 10.6. The lowest BCUT2D eigenvalue weighted by Crippen LogP contribution is -2.07. The number of nitrogens with zero attached hydrogens (tertiary/aromatic N) is 3. The molecule has 0 unspecified atom stereocenters. The van der Waals surface area contributed by atoms with Crippen molar-refractivity contribution in [2.24, 2.45) is 0 Å². The molecule has 0 spiro atoms. The molecule has 0 radical (unpaired) electrons. The van der Waals surface area contributed by atoms with Gasteiger partial charge in [-0.05, 0) is 54.1 Å². The Hall–Kier alpha value is -3.91. The fourth-order valence-electron chi connectivity index (χ4n) is 3.62. The SMILES string of the molecule is CC(=O)Nc1cc(-c2ccc(F)cc2F)cc(-n2cnc3cc(-c4nccs4)ccc32)c1. The molecule has 0 aliphatic carbocycles. The number of imidazole rings is 1. The van der Waals surface area contributed by atoms with E-state index in [1.807, 2.05) is 28.1 Å². The van der Waals surface area contributed by atoms with Gasteiger partial charge in [0, 0.05) is 47.1 Å². The largest absolute Gasteiger partial charge is 0.326 e. The molecule has 0 fully saturated rings. The fraction of sp³-hybridized carbons (Fsp3) is 0.0417. The van der Waals surface area contributed by atoms with Crippen molar-refractivity contribution in [3.63, 3.8) is 0 Å². The van der Waals surface area contributed by atoms with E-state index in [2.05, 4.69) is 15.3 Å². The first-order chi connectivity index (χ1) is 15.5. The highest BCUT2D eigenvalue weighted by Gasteiger charge is 2.13. The second-order valence-corrected chi connectivity index (χ2v) is 8.12. The number of aromatic nitrogens is 3. The highest BCUT2D eigenvalue weighted by Crippen LogP contribution is 2.32.